The molecule has 0 aliphatic carbocycles. The molecule has 1 saturated heterocycles. The van der Waals surface area contributed by atoms with Crippen LogP contribution in [0.15, 0.2) is 73.4 Å². The zero-order chi connectivity index (χ0) is 104. The van der Waals surface area contributed by atoms with Crippen LogP contribution in [0, 0.1) is 17.2 Å². The highest BCUT2D eigenvalue weighted by molar-refractivity contribution is 8.76. The number of rotatable bonds is 47. The second-order valence-electron chi connectivity index (χ2n) is 33.6. The molecule has 0 spiro atoms. The lowest BCUT2D eigenvalue weighted by atomic mass is 9.97. The van der Waals surface area contributed by atoms with Crippen LogP contribution in [0.4, 0.5) is 0 Å². The molecule has 14 atom stereocenters. The van der Waals surface area contributed by atoms with Crippen LogP contribution >= 0.6 is 21.6 Å². The molecule has 4 heterocycles. The van der Waals surface area contributed by atoms with Crippen LogP contribution in [-0.4, -0.2) is 328 Å². The largest absolute Gasteiger partial charge is 0.481 e. The number of fused-ring (bicyclic) bond motifs is 2. The van der Waals surface area contributed by atoms with E-state index in [-0.39, 0.29) is 123 Å². The fraction of sp³-hybridized carbons (Fsp3) is 0.557. The number of nitrogens with one attached hydrogen (secondary N) is 18. The fourth-order valence-electron chi connectivity index (χ4n) is 14.1. The van der Waals surface area contributed by atoms with Gasteiger partial charge in [0.2, 0.25) is 100 Å². The van der Waals surface area contributed by atoms with Crippen molar-refractivity contribution in [2.45, 2.75) is 203 Å². The number of hydrogen-bond acceptors (Lipinski definition) is 29. The molecule has 0 bridgehead atoms. The fourth-order valence-corrected chi connectivity index (χ4v) is 16.4. The van der Waals surface area contributed by atoms with Crippen LogP contribution in [0.5, 0.6) is 0 Å². The maximum atomic E-state index is 15.4. The number of para-hydroxylation sites is 2. The van der Waals surface area contributed by atoms with Crippen LogP contribution in [0.1, 0.15) is 116 Å². The predicted molar refractivity (Wildman–Crippen MR) is 509 cm³/mol. The maximum Gasteiger partial charge on any atom is 0.328 e. The molecule has 1 aliphatic rings. The molecule has 141 heavy (non-hydrogen) atoms. The molecule has 5 aromatic rings. The van der Waals surface area contributed by atoms with Gasteiger partial charge in [-0.2, -0.15) is 0 Å². The van der Waals surface area contributed by atoms with E-state index >= 15 is 19.2 Å². The first-order valence-corrected chi connectivity index (χ1v) is 47.9. The Morgan fingerprint density at radius 3 is 1.74 bits per heavy atom. The van der Waals surface area contributed by atoms with Crippen LogP contribution in [0.25, 0.3) is 21.8 Å². The number of amides is 17. The van der Waals surface area contributed by atoms with Gasteiger partial charge in [0.1, 0.15) is 73.1 Å². The van der Waals surface area contributed by atoms with Crippen LogP contribution < -0.4 is 103 Å². The molecule has 2 aromatic carbocycles. The summed E-state index contributed by atoms with van der Waals surface area (Å²) in [6, 6.07) is -8.12. The Kier molecular flexibility index (Phi) is 49.7. The van der Waals surface area contributed by atoms with Crippen molar-refractivity contribution in [1.82, 2.24) is 99.3 Å². The summed E-state index contributed by atoms with van der Waals surface area (Å²) in [5.41, 5.74) is 23.9. The Hall–Kier alpha value is -13.6. The lowest BCUT2D eigenvalue weighted by molar-refractivity contribution is -0.145. The molecule has 3 aromatic heterocycles. The number of hydrogen-bond donors (Lipinski definition) is 25. The number of carboxylic acids is 2. The first kappa shape index (κ1) is 116. The zero-order valence-electron chi connectivity index (χ0n) is 79.2. The van der Waals surface area contributed by atoms with E-state index in [0.717, 1.165) is 28.5 Å². The molecule has 0 unspecified atom stereocenters. The second-order valence-corrected chi connectivity index (χ2v) is 36.1. The first-order chi connectivity index (χ1) is 67.0. The van der Waals surface area contributed by atoms with Crippen LogP contribution in [0.3, 0.4) is 0 Å². The van der Waals surface area contributed by atoms with Gasteiger partial charge in [-0.3, -0.25) is 91.7 Å². The number of aliphatic hydroxyl groups excluding tert-OH is 1. The van der Waals surface area contributed by atoms with Gasteiger partial charge in [-0.05, 0) is 68.2 Å². The number of aromatic amines is 2. The number of benzene rings is 2. The van der Waals surface area contributed by atoms with Gasteiger partial charge in [0.05, 0.1) is 90.9 Å². The molecule has 0 radical (unpaired) electrons. The van der Waals surface area contributed by atoms with E-state index in [1.807, 2.05) is 0 Å². The summed E-state index contributed by atoms with van der Waals surface area (Å²) in [5.74, 6) is -23.5. The van der Waals surface area contributed by atoms with E-state index in [1.165, 1.54) is 39.5 Å². The standard InChI is InChI=1S/C88H130N24O27S2/c1-8-47(4)74(109-71(119)42-139-31-30-136-29-28-135-27-23-69(117)100-53(40-137-25-21-67(90)115)41-138-26-22-68(91)116)86(132)108-64-44-141-140-43-63(84(130)111-75(49(6)113)87(133)134)107-78(124)57(17-13-24-95-88(92)93)101-81(127)61(34-52-37-94-45-98-52)103-76(122)48(5)99-70(118)38-97-77(123)59(32-50-36-96-56-16-11-9-14-54(50)56)104-82(128)62(35-72(120)121)105-79(125)58(19-20-66(89)114)102-80(126)60(106-85(131)73(46(2)3)110-83(64)129)33-51-39-112(7)65-18-12-10-15-55(51)65/h9-12,14-16,18,36-37,39,45-49,53,57-64,73-75,96,113H,8,13,17,19-35,38,40-44H2,1-7H3,(H2,89,114)(H2,90,115)(H2,91,116)(H,94,98)(H,97,123)(H,99,118)(H,100,117)(H,101,127)(H,102,126)(H,103,122)(H,104,128)(H,105,125)(H,106,131)(H,107,124)(H,108,132)(H,109,119)(H,110,129)(H,111,130)(H,120,121)(H,133,134)(H4,92,93,95)/t47-,48-,49+,57-,58-,59-,60-,61-,62-,63-,64-,73-,74-,75-/m0/s1. The number of aromatic nitrogens is 4. The minimum Gasteiger partial charge on any atom is -0.481 e. The van der Waals surface area contributed by atoms with Crippen molar-refractivity contribution in [2.75, 3.05) is 90.7 Å². The van der Waals surface area contributed by atoms with Gasteiger partial charge in [0.25, 0.3) is 0 Å². The normalized spacial score (nSPS) is 20.5. The number of carbonyl (C=O) groups excluding carboxylic acids is 17. The van der Waals surface area contributed by atoms with Crippen molar-refractivity contribution in [2.24, 2.45) is 41.8 Å². The highest BCUT2D eigenvalue weighted by atomic mass is 33.1. The Labute approximate surface area is 818 Å². The van der Waals surface area contributed by atoms with Gasteiger partial charge in [-0.15, -0.1) is 0 Å². The van der Waals surface area contributed by atoms with Crippen molar-refractivity contribution in [1.29, 1.82) is 5.41 Å². The summed E-state index contributed by atoms with van der Waals surface area (Å²) >= 11 is 0. The molecule has 51 nitrogen and oxygen atoms in total. The topological polar surface area (TPSA) is 789 Å². The molecule has 776 valence electrons. The van der Waals surface area contributed by atoms with Crippen molar-refractivity contribution in [3.8, 4) is 0 Å². The molecular weight excluding hydrogens is 1890 g/mol. The molecule has 6 rings (SSSR count). The van der Waals surface area contributed by atoms with E-state index in [9.17, 15) is 87.2 Å². The van der Waals surface area contributed by atoms with Crippen LogP contribution in [-0.2, 0) is 141 Å². The first-order valence-electron chi connectivity index (χ1n) is 45.5. The number of carboxylic acid groups (broad SMARTS) is 2. The zero-order valence-corrected chi connectivity index (χ0v) is 80.8. The third-order valence-electron chi connectivity index (χ3n) is 21.9. The Morgan fingerprint density at radius 2 is 1.12 bits per heavy atom. The quantitative estimate of drug-likeness (QED) is 0.00745. The molecular formula is C88H130N24O27S2. The summed E-state index contributed by atoms with van der Waals surface area (Å²) < 4.78 is 29.3. The Balaban J connectivity index is 1.38. The number of carbonyl (C=O) groups is 19. The van der Waals surface area contributed by atoms with Gasteiger partial charge >= 0.3 is 11.9 Å². The molecule has 1 aliphatic heterocycles. The summed E-state index contributed by atoms with van der Waals surface area (Å²) in [5, 5.41) is 77.9. The van der Waals surface area contributed by atoms with Gasteiger partial charge in [-0.25, -0.2) is 9.78 Å². The monoisotopic (exact) mass is 2020 g/mol. The predicted octanol–water partition coefficient (Wildman–Crippen LogP) is -6.36. The number of nitrogens with zero attached hydrogens (tertiary/aromatic N) is 2. The number of primary amides is 3. The second kappa shape index (κ2) is 60.4. The molecule has 53 heteroatoms. The van der Waals surface area contributed by atoms with E-state index in [0.29, 0.717) is 32.9 Å². The van der Waals surface area contributed by atoms with Gasteiger partial charge in [0.15, 0.2) is 12.0 Å². The van der Waals surface area contributed by atoms with E-state index in [4.69, 9.17) is 52.0 Å². The highest BCUT2D eigenvalue weighted by Gasteiger charge is 2.40. The molecule has 1 fully saturated rings. The maximum absolute atomic E-state index is 15.4. The molecule has 29 N–H and O–H groups in total. The summed E-state index contributed by atoms with van der Waals surface area (Å²) in [6.07, 6.45) is -0.0191. The van der Waals surface area contributed by atoms with E-state index in [2.05, 4.69) is 94.7 Å². The highest BCUT2D eigenvalue weighted by Crippen LogP contribution is 2.27. The summed E-state index contributed by atoms with van der Waals surface area (Å²) in [4.78, 5) is 275. The van der Waals surface area contributed by atoms with Gasteiger partial charge < -0.3 is 156 Å². The van der Waals surface area contributed by atoms with Crippen molar-refractivity contribution < 1.29 is 130 Å². The SMILES string of the molecule is CC[C@H](C)[C@H](NC(=O)COCCOCCOCCC(=O)NC(COCCC(N)=O)COCCC(N)=O)C(=O)N[C@H]1CSSC[C@@H](C(=O)N[C@H](C(=O)O)[C@@H](C)O)NC(=O)[C@H](CCCNC(=N)N)NC(=O)[C@H](Cc2cnc[nH]2)NC(=O)[C@H](C)NC(=O)CNC(=O)[C@H](Cc2c[nH]c3ccccc23)NC(=O)[C@H](CC(=O)O)NC(=O)[C@H](CCC(N)=O)NC(=O)[C@H](Cc2cn(C)c3ccccc23)NC(=O)[C@H](C(C)C)NC1=O. The lowest BCUT2D eigenvalue weighted by Crippen LogP contribution is -2.62. The number of ether oxygens (including phenoxy) is 5. The van der Waals surface area contributed by atoms with E-state index in [1.54, 1.807) is 80.2 Å². The lowest BCUT2D eigenvalue weighted by Gasteiger charge is -2.29. The van der Waals surface area contributed by atoms with E-state index < -0.39 is 265 Å². The molecule has 17 amide bonds. The minimum atomic E-state index is -2.10. The van der Waals surface area contributed by atoms with Crippen LogP contribution in [0.2, 0.25) is 0 Å². The number of aryl methyl sites for hydroxylation is 1. The Bertz CT molecular complexity index is 5080. The number of aliphatic hydroxyl groups is 1. The Morgan fingerprint density at radius 1 is 0.567 bits per heavy atom. The van der Waals surface area contributed by atoms with Crippen molar-refractivity contribution in [3.05, 3.63) is 90.3 Å². The van der Waals surface area contributed by atoms with Gasteiger partial charge in [-0.1, -0.05) is 92.1 Å². The summed E-state index contributed by atoms with van der Waals surface area (Å²) in [7, 11) is 3.19. The third kappa shape index (κ3) is 41.4. The molecule has 0 saturated carbocycles. The number of aliphatic carboxylic acids is 2. The average Bonchev–Trinajstić information content (AvgIpc) is 1.66. The van der Waals surface area contributed by atoms with Crippen molar-refractivity contribution >= 4 is 162 Å². The van der Waals surface area contributed by atoms with Crippen molar-refractivity contribution in [3.63, 3.8) is 0 Å². The summed E-state index contributed by atoms with van der Waals surface area (Å²) in [6.45, 7) is 6.60. The average molecular weight is 2020 g/mol. The number of nitrogens with two attached hydrogens (primary N) is 4. The minimum absolute atomic E-state index is 0.00627. The number of H-pyrrole nitrogens is 2. The number of imidazole rings is 1. The number of guanidine groups is 1. The third-order valence-corrected chi connectivity index (χ3v) is 24.3. The smallest absolute Gasteiger partial charge is 0.328 e. The van der Waals surface area contributed by atoms with Gasteiger partial charge in [0, 0.05) is 116 Å².